The minimum atomic E-state index is 0.120. The number of hydrogen-bond acceptors (Lipinski definition) is 3. The van der Waals surface area contributed by atoms with E-state index in [4.69, 9.17) is 0 Å². The Balaban J connectivity index is 0.000000941. The van der Waals surface area contributed by atoms with Gasteiger partial charge in [0.2, 0.25) is 5.91 Å². The molecule has 1 aliphatic rings. The summed E-state index contributed by atoms with van der Waals surface area (Å²) in [7, 11) is 4.18. The Morgan fingerprint density at radius 2 is 1.86 bits per heavy atom. The molecule has 0 spiro atoms. The molecule has 0 unspecified atom stereocenters. The van der Waals surface area contributed by atoms with Gasteiger partial charge in [-0.2, -0.15) is 0 Å². The Hall–Kier alpha value is -1.85. The molecule has 0 saturated carbocycles. The zero-order valence-electron chi connectivity index (χ0n) is 18.9. The van der Waals surface area contributed by atoms with E-state index in [1.54, 1.807) is 0 Å². The van der Waals surface area contributed by atoms with Crippen LogP contribution >= 0.6 is 0 Å². The topological polar surface area (TPSA) is 51.4 Å². The molecule has 29 heavy (non-hydrogen) atoms. The summed E-state index contributed by atoms with van der Waals surface area (Å²) in [5.74, 6) is 0.120. The van der Waals surface area contributed by atoms with E-state index in [1.807, 2.05) is 6.07 Å². The van der Waals surface area contributed by atoms with Crippen molar-refractivity contribution < 1.29 is 4.79 Å². The fourth-order valence-electron chi connectivity index (χ4n) is 3.80. The maximum absolute atomic E-state index is 12.4. The lowest BCUT2D eigenvalue weighted by Crippen LogP contribution is -2.38. The molecule has 1 aromatic heterocycles. The zero-order chi connectivity index (χ0) is 21.1. The first kappa shape index (κ1) is 23.4. The number of nitrogens with one attached hydrogen (secondary N) is 2. The molecule has 1 aliphatic heterocycles. The molecule has 2 heterocycles. The van der Waals surface area contributed by atoms with E-state index in [1.165, 1.54) is 49.7 Å². The van der Waals surface area contributed by atoms with Crippen molar-refractivity contribution in [1.82, 2.24) is 20.1 Å². The molecule has 3 rings (SSSR count). The largest absolute Gasteiger partial charge is 0.361 e. The fourth-order valence-corrected chi connectivity index (χ4v) is 3.80. The summed E-state index contributed by atoms with van der Waals surface area (Å²) in [6.07, 6.45) is 8.70. The van der Waals surface area contributed by atoms with Crippen LogP contribution in [0.25, 0.3) is 10.9 Å². The third-order valence-corrected chi connectivity index (χ3v) is 5.25. The molecule has 162 valence electrons. The van der Waals surface area contributed by atoms with Crippen LogP contribution in [0.2, 0.25) is 0 Å². The number of aromatic amines is 1. The lowest BCUT2D eigenvalue weighted by molar-refractivity contribution is -0.120. The van der Waals surface area contributed by atoms with Crippen molar-refractivity contribution in [3.8, 4) is 0 Å². The van der Waals surface area contributed by atoms with E-state index in [2.05, 4.69) is 66.4 Å². The van der Waals surface area contributed by atoms with Gasteiger partial charge in [-0.05, 0) is 63.6 Å². The van der Waals surface area contributed by atoms with Crippen molar-refractivity contribution in [3.05, 3.63) is 35.5 Å². The lowest BCUT2D eigenvalue weighted by Gasteiger charge is -2.26. The molecule has 1 amide bonds. The smallest absolute Gasteiger partial charge is 0.224 e. The highest BCUT2D eigenvalue weighted by molar-refractivity contribution is 5.91. The number of likely N-dealkylation sites (N-methyl/N-ethyl adjacent to an activating group) is 1. The summed E-state index contributed by atoms with van der Waals surface area (Å²) < 4.78 is 0. The van der Waals surface area contributed by atoms with Crippen LogP contribution in [0, 0.1) is 0 Å². The second-order valence-corrected chi connectivity index (χ2v) is 8.34. The quantitative estimate of drug-likeness (QED) is 0.708. The number of nitrogens with zero attached hydrogens (tertiary/aromatic N) is 2. The average Bonchev–Trinajstić information content (AvgIpc) is 3.12. The summed E-state index contributed by atoms with van der Waals surface area (Å²) in [4.78, 5) is 20.4. The number of hydrogen-bond donors (Lipinski definition) is 2. The number of rotatable bonds is 8. The van der Waals surface area contributed by atoms with Crippen LogP contribution in [0.5, 0.6) is 0 Å². The average molecular weight is 401 g/mol. The zero-order valence-corrected chi connectivity index (χ0v) is 18.9. The van der Waals surface area contributed by atoms with Crippen molar-refractivity contribution in [3.63, 3.8) is 0 Å². The number of carbonyl (C=O) groups is 1. The van der Waals surface area contributed by atoms with Gasteiger partial charge in [-0.3, -0.25) is 4.79 Å². The number of aromatic nitrogens is 1. The molecule has 0 aliphatic carbocycles. The third-order valence-electron chi connectivity index (χ3n) is 5.25. The van der Waals surface area contributed by atoms with Crippen molar-refractivity contribution in [2.24, 2.45) is 0 Å². The van der Waals surface area contributed by atoms with Gasteiger partial charge in [-0.15, -0.1) is 0 Å². The third kappa shape index (κ3) is 7.82. The van der Waals surface area contributed by atoms with Crippen LogP contribution in [0.3, 0.4) is 0 Å². The number of amides is 1. The molecular weight excluding hydrogens is 360 g/mol. The van der Waals surface area contributed by atoms with E-state index < -0.39 is 0 Å². The standard InChI is InChI=1S/C21H32N4O.C3H8/c1-24(2)13-9-18-16-23-19-8-6-7-17(21(18)19)15-20(26)22-10-14-25-11-4-3-5-12-25;1-3-2/h6-8,16,23H,3-5,9-15H2,1-2H3,(H,22,26);3H2,1-2H3. The molecule has 2 N–H and O–H groups in total. The number of H-pyrrole nitrogens is 1. The van der Waals surface area contributed by atoms with Gasteiger partial charge < -0.3 is 20.1 Å². The highest BCUT2D eigenvalue weighted by Gasteiger charge is 2.13. The second-order valence-electron chi connectivity index (χ2n) is 8.34. The normalized spacial score (nSPS) is 14.7. The molecular formula is C24H40N4O. The Bertz CT molecular complexity index is 732. The van der Waals surface area contributed by atoms with Gasteiger partial charge in [0, 0.05) is 36.7 Å². The monoisotopic (exact) mass is 400 g/mol. The molecule has 0 bridgehead atoms. The highest BCUT2D eigenvalue weighted by atomic mass is 16.1. The van der Waals surface area contributed by atoms with Crippen molar-refractivity contribution in [2.75, 3.05) is 46.8 Å². The van der Waals surface area contributed by atoms with Crippen LogP contribution in [-0.2, 0) is 17.6 Å². The van der Waals surface area contributed by atoms with Crippen molar-refractivity contribution in [2.45, 2.75) is 52.4 Å². The van der Waals surface area contributed by atoms with E-state index in [9.17, 15) is 4.79 Å². The highest BCUT2D eigenvalue weighted by Crippen LogP contribution is 2.23. The Morgan fingerprint density at radius 3 is 2.55 bits per heavy atom. The number of carbonyl (C=O) groups excluding carboxylic acids is 1. The predicted octanol–water partition coefficient (Wildman–Crippen LogP) is 3.83. The van der Waals surface area contributed by atoms with Gasteiger partial charge in [0.05, 0.1) is 6.42 Å². The van der Waals surface area contributed by atoms with E-state index in [-0.39, 0.29) is 5.91 Å². The number of piperidine rings is 1. The minimum Gasteiger partial charge on any atom is -0.361 e. The molecule has 0 atom stereocenters. The fraction of sp³-hybridized carbons (Fsp3) is 0.625. The Kier molecular flexibility index (Phi) is 10.2. The van der Waals surface area contributed by atoms with Crippen molar-refractivity contribution >= 4 is 16.8 Å². The molecule has 5 heteroatoms. The van der Waals surface area contributed by atoms with Gasteiger partial charge in [-0.1, -0.05) is 38.8 Å². The lowest BCUT2D eigenvalue weighted by atomic mass is 10.0. The number of likely N-dealkylation sites (tertiary alicyclic amines) is 1. The van der Waals surface area contributed by atoms with E-state index in [0.29, 0.717) is 6.42 Å². The van der Waals surface area contributed by atoms with E-state index >= 15 is 0 Å². The van der Waals surface area contributed by atoms with Gasteiger partial charge >= 0.3 is 0 Å². The first-order chi connectivity index (χ1) is 14.0. The first-order valence-corrected chi connectivity index (χ1v) is 11.3. The summed E-state index contributed by atoms with van der Waals surface area (Å²) >= 11 is 0. The maximum Gasteiger partial charge on any atom is 0.224 e. The Labute approximate surface area is 176 Å². The van der Waals surface area contributed by atoms with Crippen LogP contribution in [0.1, 0.15) is 50.7 Å². The van der Waals surface area contributed by atoms with Gasteiger partial charge in [0.15, 0.2) is 0 Å². The number of fused-ring (bicyclic) bond motifs is 1. The first-order valence-electron chi connectivity index (χ1n) is 11.3. The molecule has 5 nitrogen and oxygen atoms in total. The molecule has 1 saturated heterocycles. The molecule has 1 fully saturated rings. The van der Waals surface area contributed by atoms with Gasteiger partial charge in [-0.25, -0.2) is 0 Å². The number of benzene rings is 1. The summed E-state index contributed by atoms with van der Waals surface area (Å²) in [6.45, 7) is 9.31. The minimum absolute atomic E-state index is 0.120. The molecule has 0 radical (unpaired) electrons. The van der Waals surface area contributed by atoms with E-state index in [0.717, 1.165) is 37.1 Å². The van der Waals surface area contributed by atoms with Crippen molar-refractivity contribution in [1.29, 1.82) is 0 Å². The van der Waals surface area contributed by atoms with Crippen LogP contribution in [-0.4, -0.2) is 67.5 Å². The molecule has 1 aromatic carbocycles. The molecule has 2 aromatic rings. The second kappa shape index (κ2) is 12.7. The summed E-state index contributed by atoms with van der Waals surface area (Å²) in [5, 5.41) is 4.33. The summed E-state index contributed by atoms with van der Waals surface area (Å²) in [5.41, 5.74) is 3.54. The van der Waals surface area contributed by atoms with Crippen LogP contribution in [0.15, 0.2) is 24.4 Å². The Morgan fingerprint density at radius 1 is 1.14 bits per heavy atom. The van der Waals surface area contributed by atoms with Gasteiger partial charge in [0.1, 0.15) is 0 Å². The maximum atomic E-state index is 12.4. The van der Waals surface area contributed by atoms with Crippen LogP contribution < -0.4 is 5.32 Å². The SMILES string of the molecule is CCC.CN(C)CCc1c[nH]c2cccc(CC(=O)NCCN3CCCCC3)c12. The van der Waals surface area contributed by atoms with Gasteiger partial charge in [0.25, 0.3) is 0 Å². The van der Waals surface area contributed by atoms with Crippen LogP contribution in [0.4, 0.5) is 0 Å². The predicted molar refractivity (Wildman–Crippen MR) is 124 cm³/mol. The summed E-state index contributed by atoms with van der Waals surface area (Å²) in [6, 6.07) is 6.21.